The third-order valence-corrected chi connectivity index (χ3v) is 8.04. The molecule has 1 N–H and O–H groups in total. The lowest BCUT2D eigenvalue weighted by atomic mass is 10.1. The summed E-state index contributed by atoms with van der Waals surface area (Å²) in [6, 6.07) is 24.7. The maximum Gasteiger partial charge on any atom is 0.264 e. The van der Waals surface area contributed by atoms with Crippen LogP contribution in [0, 0.1) is 0 Å². The summed E-state index contributed by atoms with van der Waals surface area (Å²) in [5, 5.41) is 5.41. The second-order valence-electron chi connectivity index (χ2n) is 8.33. The molecule has 7 nitrogen and oxygen atoms in total. The van der Waals surface area contributed by atoms with Crippen molar-refractivity contribution in [1.82, 2.24) is 5.32 Å². The Morgan fingerprint density at radius 1 is 1.03 bits per heavy atom. The van der Waals surface area contributed by atoms with Gasteiger partial charge in [0.25, 0.3) is 15.9 Å². The molecular weight excluding hydrogens is 500 g/mol. The van der Waals surface area contributed by atoms with Crippen molar-refractivity contribution in [3.05, 3.63) is 95.5 Å². The molecule has 1 aliphatic heterocycles. The monoisotopic (exact) mass is 522 g/mol. The number of fused-ring (bicyclic) bond motifs is 2. The zero-order valence-electron chi connectivity index (χ0n) is 19.3. The molecule has 0 aliphatic carbocycles. The summed E-state index contributed by atoms with van der Waals surface area (Å²) in [5.41, 5.74) is 1.20. The lowest BCUT2D eigenvalue weighted by molar-refractivity contribution is -0.127. The first-order chi connectivity index (χ1) is 17.3. The number of nitrogens with zero attached hydrogens (tertiary/aromatic N) is 1. The fourth-order valence-electron chi connectivity index (χ4n) is 4.12. The first kappa shape index (κ1) is 24.0. The van der Waals surface area contributed by atoms with Crippen LogP contribution in [0.1, 0.15) is 5.56 Å². The van der Waals surface area contributed by atoms with Crippen LogP contribution >= 0.6 is 11.6 Å². The number of nitrogens with one attached hydrogen (secondary N) is 1. The van der Waals surface area contributed by atoms with Crippen LogP contribution < -0.4 is 19.1 Å². The van der Waals surface area contributed by atoms with E-state index in [-0.39, 0.29) is 29.4 Å². The minimum absolute atomic E-state index is 0.0615. The third-order valence-electron chi connectivity index (χ3n) is 6.01. The average Bonchev–Trinajstić information content (AvgIpc) is 2.91. The van der Waals surface area contributed by atoms with E-state index < -0.39 is 22.0 Å². The zero-order valence-corrected chi connectivity index (χ0v) is 20.9. The van der Waals surface area contributed by atoms with Gasteiger partial charge in [-0.3, -0.25) is 9.10 Å². The standard InChI is InChI=1S/C27H23ClN2O5S/c1-34-22-9-11-23(12-10-22)36(32,33)30-17-26(35-25-13-8-21(28)15-24(25)30)27(31)29-16-18-6-7-19-4-2-3-5-20(19)14-18/h2-15,26H,16-17H2,1H3,(H,29,31). The fourth-order valence-corrected chi connectivity index (χ4v) is 5.75. The van der Waals surface area contributed by atoms with Gasteiger partial charge >= 0.3 is 0 Å². The van der Waals surface area contributed by atoms with Crippen molar-refractivity contribution in [1.29, 1.82) is 0 Å². The highest BCUT2D eigenvalue weighted by Crippen LogP contribution is 2.39. The number of hydrogen-bond donors (Lipinski definition) is 1. The molecule has 1 atom stereocenters. The van der Waals surface area contributed by atoms with Gasteiger partial charge < -0.3 is 14.8 Å². The number of anilines is 1. The molecule has 0 fully saturated rings. The minimum atomic E-state index is -4.02. The SMILES string of the molecule is COc1ccc(S(=O)(=O)N2CC(C(=O)NCc3ccc4ccccc4c3)Oc3ccc(Cl)cc32)cc1. The largest absolute Gasteiger partial charge is 0.497 e. The molecule has 0 radical (unpaired) electrons. The predicted molar refractivity (Wildman–Crippen MR) is 139 cm³/mol. The maximum atomic E-state index is 13.6. The lowest BCUT2D eigenvalue weighted by Crippen LogP contribution is -2.50. The molecule has 4 aromatic rings. The van der Waals surface area contributed by atoms with Crippen LogP contribution in [0.15, 0.2) is 89.8 Å². The van der Waals surface area contributed by atoms with E-state index in [2.05, 4.69) is 5.32 Å². The van der Waals surface area contributed by atoms with Crippen molar-refractivity contribution >= 4 is 44.0 Å². The molecule has 0 aromatic heterocycles. The Morgan fingerprint density at radius 3 is 2.53 bits per heavy atom. The Kier molecular flexibility index (Phi) is 6.47. The number of sulfonamides is 1. The van der Waals surface area contributed by atoms with Gasteiger partial charge in [0, 0.05) is 11.6 Å². The van der Waals surface area contributed by atoms with E-state index in [4.69, 9.17) is 21.1 Å². The molecule has 1 heterocycles. The van der Waals surface area contributed by atoms with E-state index in [0.29, 0.717) is 10.8 Å². The Hall–Kier alpha value is -3.75. The van der Waals surface area contributed by atoms with Crippen molar-refractivity contribution in [3.8, 4) is 11.5 Å². The van der Waals surface area contributed by atoms with Crippen molar-refractivity contribution in [2.75, 3.05) is 18.0 Å². The van der Waals surface area contributed by atoms with E-state index in [1.807, 2.05) is 42.5 Å². The molecule has 36 heavy (non-hydrogen) atoms. The molecule has 184 valence electrons. The first-order valence-electron chi connectivity index (χ1n) is 11.2. The molecule has 0 bridgehead atoms. The predicted octanol–water partition coefficient (Wildman–Crippen LogP) is 4.77. The van der Waals surface area contributed by atoms with Gasteiger partial charge in [-0.2, -0.15) is 0 Å². The van der Waals surface area contributed by atoms with E-state index in [1.165, 1.54) is 29.6 Å². The van der Waals surface area contributed by atoms with Gasteiger partial charge in [0.05, 0.1) is 24.2 Å². The number of carbonyl (C=O) groups excluding carboxylic acids is 1. The lowest BCUT2D eigenvalue weighted by Gasteiger charge is -2.35. The Labute approximate surface area is 214 Å². The average molecular weight is 523 g/mol. The van der Waals surface area contributed by atoms with Crippen molar-refractivity contribution in [2.24, 2.45) is 0 Å². The smallest absolute Gasteiger partial charge is 0.264 e. The first-order valence-corrected chi connectivity index (χ1v) is 13.1. The Morgan fingerprint density at radius 2 is 1.78 bits per heavy atom. The highest BCUT2D eigenvalue weighted by Gasteiger charge is 2.37. The fraction of sp³-hybridized carbons (Fsp3) is 0.148. The van der Waals surface area contributed by atoms with Gasteiger partial charge in [-0.25, -0.2) is 8.42 Å². The quantitative estimate of drug-likeness (QED) is 0.394. The number of rotatable bonds is 6. The van der Waals surface area contributed by atoms with Crippen LogP contribution in [-0.2, 0) is 21.4 Å². The molecule has 1 amide bonds. The number of hydrogen-bond acceptors (Lipinski definition) is 5. The molecule has 0 saturated heterocycles. The molecule has 0 saturated carbocycles. The summed E-state index contributed by atoms with van der Waals surface area (Å²) < 4.78 is 39.4. The van der Waals surface area contributed by atoms with E-state index in [0.717, 1.165) is 16.3 Å². The molecule has 5 rings (SSSR count). The zero-order chi connectivity index (χ0) is 25.3. The summed E-state index contributed by atoms with van der Waals surface area (Å²) in [6.45, 7) is 0.0769. The van der Waals surface area contributed by atoms with Crippen molar-refractivity contribution in [3.63, 3.8) is 0 Å². The molecular formula is C27H23ClN2O5S. The van der Waals surface area contributed by atoms with E-state index >= 15 is 0 Å². The van der Waals surface area contributed by atoms with Gasteiger partial charge in [0.15, 0.2) is 6.10 Å². The number of carbonyl (C=O) groups is 1. The summed E-state index contributed by atoms with van der Waals surface area (Å²) in [6.07, 6.45) is -1.05. The summed E-state index contributed by atoms with van der Waals surface area (Å²) >= 11 is 6.16. The topological polar surface area (TPSA) is 84.9 Å². The van der Waals surface area contributed by atoms with Gasteiger partial charge in [-0.1, -0.05) is 48.0 Å². The Balaban J connectivity index is 1.40. The second-order valence-corrected chi connectivity index (χ2v) is 10.6. The molecule has 1 aliphatic rings. The highest BCUT2D eigenvalue weighted by molar-refractivity contribution is 7.92. The minimum Gasteiger partial charge on any atom is -0.497 e. The van der Waals surface area contributed by atoms with Crippen molar-refractivity contribution < 1.29 is 22.7 Å². The Bertz CT molecular complexity index is 1540. The van der Waals surface area contributed by atoms with Crippen LogP contribution in [0.25, 0.3) is 10.8 Å². The number of ether oxygens (including phenoxy) is 2. The number of amides is 1. The normalized spacial score (nSPS) is 15.2. The van der Waals surface area contributed by atoms with Gasteiger partial charge in [0.1, 0.15) is 11.5 Å². The van der Waals surface area contributed by atoms with Crippen LogP contribution in [0.5, 0.6) is 11.5 Å². The van der Waals surface area contributed by atoms with Crippen LogP contribution in [0.4, 0.5) is 5.69 Å². The molecule has 4 aromatic carbocycles. The van der Waals surface area contributed by atoms with E-state index in [9.17, 15) is 13.2 Å². The van der Waals surface area contributed by atoms with Crippen LogP contribution in [0.2, 0.25) is 5.02 Å². The number of methoxy groups -OCH3 is 1. The molecule has 9 heteroatoms. The molecule has 0 spiro atoms. The van der Waals surface area contributed by atoms with Gasteiger partial charge in [0.2, 0.25) is 0 Å². The summed E-state index contributed by atoms with van der Waals surface area (Å²) in [4.78, 5) is 13.2. The maximum absolute atomic E-state index is 13.6. The number of halogens is 1. The third kappa shape index (κ3) is 4.69. The van der Waals surface area contributed by atoms with E-state index in [1.54, 1.807) is 24.3 Å². The van der Waals surface area contributed by atoms with Gasteiger partial charge in [-0.05, 0) is 64.9 Å². The number of benzene rings is 4. The van der Waals surface area contributed by atoms with Crippen molar-refractivity contribution in [2.45, 2.75) is 17.5 Å². The second kappa shape index (κ2) is 9.72. The summed E-state index contributed by atoms with van der Waals surface area (Å²) in [5.74, 6) is 0.373. The summed E-state index contributed by atoms with van der Waals surface area (Å²) in [7, 11) is -2.51. The van der Waals surface area contributed by atoms with Gasteiger partial charge in [-0.15, -0.1) is 0 Å². The van der Waals surface area contributed by atoms with Crippen LogP contribution in [-0.4, -0.2) is 34.1 Å². The van der Waals surface area contributed by atoms with Crippen LogP contribution in [0.3, 0.4) is 0 Å². The highest BCUT2D eigenvalue weighted by atomic mass is 35.5. The molecule has 1 unspecified atom stereocenters.